The van der Waals surface area contributed by atoms with E-state index >= 15 is 0 Å². The number of aromatic nitrogens is 4. The summed E-state index contributed by atoms with van der Waals surface area (Å²) in [5, 5.41) is 2.91. The van der Waals surface area contributed by atoms with Crippen LogP contribution < -0.4 is 10.9 Å². The molecule has 0 aliphatic carbocycles. The van der Waals surface area contributed by atoms with Crippen molar-refractivity contribution in [3.8, 4) is 5.69 Å². The van der Waals surface area contributed by atoms with Crippen molar-refractivity contribution in [1.82, 2.24) is 19.5 Å². The molecule has 2 aromatic carbocycles. The van der Waals surface area contributed by atoms with Gasteiger partial charge in [0.05, 0.1) is 17.5 Å². The van der Waals surface area contributed by atoms with E-state index in [1.165, 1.54) is 23.0 Å². The minimum Gasteiger partial charge on any atom is -0.371 e. The highest BCUT2D eigenvalue weighted by Gasteiger charge is 2.22. The molecule has 9 heteroatoms. The largest absolute Gasteiger partial charge is 0.371 e. The number of hydrogen-bond acceptors (Lipinski definition) is 5. The van der Waals surface area contributed by atoms with Gasteiger partial charge in [-0.1, -0.05) is 31.2 Å². The molecule has 4 rings (SSSR count). The normalized spacial score (nSPS) is 12.7. The number of hydrogen-bond donors (Lipinski definition) is 2. The molecule has 0 saturated heterocycles. The molecule has 32 heavy (non-hydrogen) atoms. The number of para-hydroxylation sites is 1. The van der Waals surface area contributed by atoms with E-state index in [0.29, 0.717) is 35.3 Å². The number of H-pyrrole nitrogens is 1. The predicted molar refractivity (Wildman–Crippen MR) is 125 cm³/mol. The molecule has 4 aromatic rings. The smallest absolute Gasteiger partial charge is 0.269 e. The molecule has 0 fully saturated rings. The van der Waals surface area contributed by atoms with Crippen LogP contribution in [0.25, 0.3) is 16.6 Å². The van der Waals surface area contributed by atoms with Gasteiger partial charge in [0.15, 0.2) is 11.7 Å². The fraction of sp³-hybridized carbons (Fsp3) is 0.174. The Morgan fingerprint density at radius 3 is 2.72 bits per heavy atom. The summed E-state index contributed by atoms with van der Waals surface area (Å²) in [5.41, 5.74) is 0.927. The van der Waals surface area contributed by atoms with Crippen molar-refractivity contribution in [2.24, 2.45) is 9.98 Å². The lowest BCUT2D eigenvalue weighted by atomic mass is 10.1. The monoisotopic (exact) mass is 431 g/mol. The SMILES string of the molecule is C=NC(=NC(CC)c1nc2cccc(F)c2c(=O)n1-c1ccccc1)c1[nH]cnc1NC. The number of nitrogens with one attached hydrogen (secondary N) is 2. The van der Waals surface area contributed by atoms with E-state index in [4.69, 9.17) is 4.99 Å². The van der Waals surface area contributed by atoms with Gasteiger partial charge >= 0.3 is 0 Å². The molecule has 0 spiro atoms. The molecular weight excluding hydrogens is 409 g/mol. The minimum absolute atomic E-state index is 0.0629. The number of amidine groups is 1. The summed E-state index contributed by atoms with van der Waals surface area (Å²) in [4.78, 5) is 34.1. The van der Waals surface area contributed by atoms with Gasteiger partial charge < -0.3 is 10.3 Å². The zero-order chi connectivity index (χ0) is 22.7. The number of fused-ring (bicyclic) bond motifs is 1. The molecule has 1 atom stereocenters. The first-order valence-electron chi connectivity index (χ1n) is 10.1. The third-order valence-corrected chi connectivity index (χ3v) is 5.10. The Morgan fingerprint density at radius 2 is 2.03 bits per heavy atom. The third-order valence-electron chi connectivity index (χ3n) is 5.10. The van der Waals surface area contributed by atoms with Crippen LogP contribution in [0.3, 0.4) is 0 Å². The van der Waals surface area contributed by atoms with Crippen LogP contribution in [0.2, 0.25) is 0 Å². The van der Waals surface area contributed by atoms with E-state index in [1.807, 2.05) is 25.1 Å². The van der Waals surface area contributed by atoms with Crippen LogP contribution in [0.15, 0.2) is 69.6 Å². The molecule has 2 aromatic heterocycles. The summed E-state index contributed by atoms with van der Waals surface area (Å²) >= 11 is 0. The Bertz CT molecular complexity index is 1360. The molecule has 1 unspecified atom stereocenters. The van der Waals surface area contributed by atoms with Gasteiger partial charge in [0, 0.05) is 7.05 Å². The molecule has 0 amide bonds. The molecule has 2 heterocycles. The van der Waals surface area contributed by atoms with Gasteiger partial charge in [-0.3, -0.25) is 14.4 Å². The van der Waals surface area contributed by atoms with Crippen LogP contribution in [0, 0.1) is 5.82 Å². The second-order valence-corrected chi connectivity index (χ2v) is 6.99. The third kappa shape index (κ3) is 3.68. The number of aliphatic imine (C=N–C) groups is 2. The summed E-state index contributed by atoms with van der Waals surface area (Å²) in [7, 11) is 1.74. The van der Waals surface area contributed by atoms with E-state index in [0.717, 1.165) is 0 Å². The Hall–Kier alpha value is -4.14. The van der Waals surface area contributed by atoms with Crippen LogP contribution in [-0.2, 0) is 0 Å². The lowest BCUT2D eigenvalue weighted by Crippen LogP contribution is -2.26. The van der Waals surface area contributed by atoms with Crippen molar-refractivity contribution in [2.45, 2.75) is 19.4 Å². The summed E-state index contributed by atoms with van der Waals surface area (Å²) in [6, 6.07) is 12.9. The molecule has 2 N–H and O–H groups in total. The van der Waals surface area contributed by atoms with Gasteiger partial charge in [-0.25, -0.2) is 19.4 Å². The highest BCUT2D eigenvalue weighted by atomic mass is 19.1. The summed E-state index contributed by atoms with van der Waals surface area (Å²) in [6.07, 6.45) is 2.04. The molecule has 0 radical (unpaired) electrons. The minimum atomic E-state index is -0.614. The Balaban J connectivity index is 1.99. The first-order valence-corrected chi connectivity index (χ1v) is 10.1. The van der Waals surface area contributed by atoms with Crippen molar-refractivity contribution < 1.29 is 4.39 Å². The fourth-order valence-electron chi connectivity index (χ4n) is 3.57. The Labute approximate surface area is 183 Å². The van der Waals surface area contributed by atoms with Crippen molar-refractivity contribution in [3.63, 3.8) is 0 Å². The quantitative estimate of drug-likeness (QED) is 0.357. The number of halogens is 1. The van der Waals surface area contributed by atoms with Gasteiger partial charge in [-0.15, -0.1) is 0 Å². The van der Waals surface area contributed by atoms with Crippen LogP contribution in [0.5, 0.6) is 0 Å². The van der Waals surface area contributed by atoms with Crippen molar-refractivity contribution in [1.29, 1.82) is 0 Å². The maximum atomic E-state index is 14.6. The molecule has 0 aliphatic rings. The number of rotatable bonds is 6. The Kier molecular flexibility index (Phi) is 5.89. The zero-order valence-electron chi connectivity index (χ0n) is 17.7. The second kappa shape index (κ2) is 8.93. The average molecular weight is 431 g/mol. The highest BCUT2D eigenvalue weighted by Crippen LogP contribution is 2.25. The second-order valence-electron chi connectivity index (χ2n) is 6.99. The molecular formula is C23H22FN7O. The molecule has 8 nitrogen and oxygen atoms in total. The molecule has 0 bridgehead atoms. The maximum absolute atomic E-state index is 14.6. The predicted octanol–water partition coefficient (Wildman–Crippen LogP) is 3.89. The van der Waals surface area contributed by atoms with E-state index < -0.39 is 17.4 Å². The molecule has 162 valence electrons. The number of imidazole rings is 1. The number of anilines is 1. The van der Waals surface area contributed by atoms with Crippen LogP contribution in [-0.4, -0.2) is 39.1 Å². The van der Waals surface area contributed by atoms with Crippen LogP contribution in [0.4, 0.5) is 10.2 Å². The van der Waals surface area contributed by atoms with E-state index in [2.05, 4.69) is 32.0 Å². The van der Waals surface area contributed by atoms with Gasteiger partial charge in [-0.05, 0) is 37.4 Å². The summed E-state index contributed by atoms with van der Waals surface area (Å²) in [6.45, 7) is 5.57. The Morgan fingerprint density at radius 1 is 1.25 bits per heavy atom. The topological polar surface area (TPSA) is 100 Å². The number of nitrogens with zero attached hydrogens (tertiary/aromatic N) is 5. The highest BCUT2D eigenvalue weighted by molar-refractivity contribution is 6.03. The maximum Gasteiger partial charge on any atom is 0.269 e. The lowest BCUT2D eigenvalue weighted by molar-refractivity contribution is 0.616. The van der Waals surface area contributed by atoms with Crippen LogP contribution >= 0.6 is 0 Å². The van der Waals surface area contributed by atoms with Gasteiger partial charge in [0.2, 0.25) is 0 Å². The number of aromatic amines is 1. The summed E-state index contributed by atoms with van der Waals surface area (Å²) in [5.74, 6) is 0.665. The zero-order valence-corrected chi connectivity index (χ0v) is 17.7. The van der Waals surface area contributed by atoms with Gasteiger partial charge in [0.25, 0.3) is 5.56 Å². The van der Waals surface area contributed by atoms with Crippen molar-refractivity contribution in [2.75, 3.05) is 12.4 Å². The van der Waals surface area contributed by atoms with E-state index in [9.17, 15) is 9.18 Å². The van der Waals surface area contributed by atoms with E-state index in [-0.39, 0.29) is 10.9 Å². The molecule has 0 aliphatic heterocycles. The standard InChI is InChI=1S/C23H22FN7O/c1-4-16(29-21(26-3)19-20(25-2)28-13-27-19)22-30-17-12-8-11-15(24)18(17)23(32)31(22)14-9-6-5-7-10-14/h5-13,16,25H,3-4H2,1-2H3,(H,27,28). The average Bonchev–Trinajstić information content (AvgIpc) is 3.29. The van der Waals surface area contributed by atoms with Gasteiger partial charge in [0.1, 0.15) is 28.8 Å². The summed E-state index contributed by atoms with van der Waals surface area (Å²) < 4.78 is 16.0. The van der Waals surface area contributed by atoms with E-state index in [1.54, 1.807) is 25.2 Å². The number of benzene rings is 2. The lowest BCUT2D eigenvalue weighted by Gasteiger charge is -2.18. The van der Waals surface area contributed by atoms with Crippen molar-refractivity contribution >= 4 is 29.3 Å². The molecule has 0 saturated carbocycles. The first-order chi connectivity index (χ1) is 15.6. The van der Waals surface area contributed by atoms with Crippen LogP contribution in [0.1, 0.15) is 30.9 Å². The fourth-order valence-corrected chi connectivity index (χ4v) is 3.57. The van der Waals surface area contributed by atoms with Gasteiger partial charge in [-0.2, -0.15) is 0 Å². The van der Waals surface area contributed by atoms with Crippen molar-refractivity contribution in [3.05, 3.63) is 82.5 Å². The first kappa shape index (κ1) is 21.1.